The van der Waals surface area contributed by atoms with Crippen LogP contribution < -0.4 is 10.6 Å². The first-order valence-electron chi connectivity index (χ1n) is 9.46. The van der Waals surface area contributed by atoms with E-state index in [0.29, 0.717) is 17.0 Å². The third-order valence-electron chi connectivity index (χ3n) is 5.07. The van der Waals surface area contributed by atoms with E-state index < -0.39 is 10.0 Å². The Bertz CT molecular complexity index is 1040. The molecule has 1 amide bonds. The van der Waals surface area contributed by atoms with Crippen LogP contribution in [0.2, 0.25) is 5.02 Å². The number of amides is 1. The highest BCUT2D eigenvalue weighted by Gasteiger charge is 2.21. The van der Waals surface area contributed by atoms with Gasteiger partial charge < -0.3 is 10.6 Å². The summed E-state index contributed by atoms with van der Waals surface area (Å²) in [5.74, 6) is -0.144. The molecule has 2 N–H and O–H groups in total. The van der Waals surface area contributed by atoms with E-state index in [4.69, 9.17) is 11.6 Å². The van der Waals surface area contributed by atoms with Gasteiger partial charge in [-0.05, 0) is 69.6 Å². The molecule has 1 fully saturated rings. The number of carbonyl (C=O) groups excluding carboxylic acids is 1. The SMILES string of the molecule is CC(=NS(=O)(=O)c1ccc(NC(=O)c2ccccc2C)c(Cl)c1)C1CCNCC1. The molecule has 29 heavy (non-hydrogen) atoms. The van der Waals surface area contributed by atoms with E-state index >= 15 is 0 Å². The summed E-state index contributed by atoms with van der Waals surface area (Å²) < 4.78 is 29.4. The first kappa shape index (κ1) is 21.5. The fourth-order valence-corrected chi connectivity index (χ4v) is 4.76. The Hall–Kier alpha value is -2.22. The van der Waals surface area contributed by atoms with Crippen molar-refractivity contribution in [3.8, 4) is 0 Å². The second kappa shape index (κ2) is 9.07. The van der Waals surface area contributed by atoms with Crippen LogP contribution >= 0.6 is 11.6 Å². The van der Waals surface area contributed by atoms with Gasteiger partial charge in [-0.25, -0.2) is 0 Å². The van der Waals surface area contributed by atoms with E-state index in [0.717, 1.165) is 31.5 Å². The Morgan fingerprint density at radius 3 is 2.52 bits per heavy atom. The Balaban J connectivity index is 1.79. The topological polar surface area (TPSA) is 87.6 Å². The third-order valence-corrected chi connectivity index (χ3v) is 6.76. The quantitative estimate of drug-likeness (QED) is 0.696. The van der Waals surface area contributed by atoms with Gasteiger partial charge in [0.25, 0.3) is 15.9 Å². The lowest BCUT2D eigenvalue weighted by Crippen LogP contribution is -2.31. The molecule has 1 saturated heterocycles. The van der Waals surface area contributed by atoms with Crippen molar-refractivity contribution in [1.82, 2.24) is 5.32 Å². The third kappa shape index (κ3) is 5.23. The molecule has 3 rings (SSSR count). The van der Waals surface area contributed by atoms with Gasteiger partial charge in [0.2, 0.25) is 0 Å². The maximum atomic E-state index is 12.7. The number of hydrogen-bond donors (Lipinski definition) is 2. The molecule has 0 bridgehead atoms. The van der Waals surface area contributed by atoms with Crippen molar-refractivity contribution < 1.29 is 13.2 Å². The fraction of sp³-hybridized carbons (Fsp3) is 0.333. The molecule has 1 aliphatic heterocycles. The molecule has 2 aromatic rings. The Kier molecular flexibility index (Phi) is 6.72. The first-order valence-corrected chi connectivity index (χ1v) is 11.3. The lowest BCUT2D eigenvalue weighted by Gasteiger charge is -2.22. The second-order valence-corrected chi connectivity index (χ2v) is 9.15. The Morgan fingerprint density at radius 2 is 1.86 bits per heavy atom. The van der Waals surface area contributed by atoms with Gasteiger partial charge in [-0.2, -0.15) is 12.8 Å². The molecule has 0 unspecified atom stereocenters. The zero-order valence-electron chi connectivity index (χ0n) is 16.4. The first-order chi connectivity index (χ1) is 13.8. The molecule has 0 radical (unpaired) electrons. The Morgan fingerprint density at radius 1 is 1.17 bits per heavy atom. The number of halogens is 1. The number of aryl methyl sites for hydroxylation is 1. The maximum Gasteiger partial charge on any atom is 0.282 e. The predicted octanol–water partition coefficient (Wildman–Crippen LogP) is 4.05. The molecule has 0 spiro atoms. The average Bonchev–Trinajstić information content (AvgIpc) is 2.70. The maximum absolute atomic E-state index is 12.7. The molecule has 0 aliphatic carbocycles. The lowest BCUT2D eigenvalue weighted by atomic mass is 9.94. The van der Waals surface area contributed by atoms with E-state index in [1.165, 1.54) is 18.2 Å². The lowest BCUT2D eigenvalue weighted by molar-refractivity contribution is 0.102. The van der Waals surface area contributed by atoms with Gasteiger partial charge in [0, 0.05) is 17.2 Å². The van der Waals surface area contributed by atoms with E-state index in [1.807, 2.05) is 19.1 Å². The van der Waals surface area contributed by atoms with Crippen LogP contribution in [0.4, 0.5) is 5.69 Å². The highest BCUT2D eigenvalue weighted by Crippen LogP contribution is 2.27. The molecular weight excluding hydrogens is 410 g/mol. The van der Waals surface area contributed by atoms with Crippen LogP contribution in [-0.2, 0) is 10.0 Å². The van der Waals surface area contributed by atoms with Crippen LogP contribution in [0.5, 0.6) is 0 Å². The molecule has 0 atom stereocenters. The number of nitrogens with zero attached hydrogens (tertiary/aromatic N) is 1. The molecule has 0 aromatic heterocycles. The van der Waals surface area contributed by atoms with Crippen LogP contribution in [0.1, 0.15) is 35.7 Å². The number of rotatable bonds is 5. The highest BCUT2D eigenvalue weighted by molar-refractivity contribution is 7.90. The van der Waals surface area contributed by atoms with Gasteiger partial charge in [-0.15, -0.1) is 0 Å². The summed E-state index contributed by atoms with van der Waals surface area (Å²) in [4.78, 5) is 12.5. The number of nitrogens with one attached hydrogen (secondary N) is 2. The fourth-order valence-electron chi connectivity index (χ4n) is 3.33. The molecule has 2 aromatic carbocycles. The van der Waals surface area contributed by atoms with Crippen molar-refractivity contribution in [3.63, 3.8) is 0 Å². The summed E-state index contributed by atoms with van der Waals surface area (Å²) in [6.45, 7) is 5.32. The zero-order chi connectivity index (χ0) is 21.0. The average molecular weight is 434 g/mol. The predicted molar refractivity (Wildman–Crippen MR) is 116 cm³/mol. The number of carbonyl (C=O) groups is 1. The minimum atomic E-state index is -3.87. The monoisotopic (exact) mass is 433 g/mol. The van der Waals surface area contributed by atoms with Gasteiger partial charge in [-0.3, -0.25) is 4.79 Å². The van der Waals surface area contributed by atoms with E-state index in [9.17, 15) is 13.2 Å². The van der Waals surface area contributed by atoms with E-state index in [1.54, 1.807) is 19.1 Å². The molecule has 6 nitrogen and oxygen atoms in total. The van der Waals surface area contributed by atoms with Gasteiger partial charge >= 0.3 is 0 Å². The van der Waals surface area contributed by atoms with Crippen LogP contribution in [0.25, 0.3) is 0 Å². The van der Waals surface area contributed by atoms with Gasteiger partial charge in [0.05, 0.1) is 15.6 Å². The summed E-state index contributed by atoms with van der Waals surface area (Å²) in [6, 6.07) is 11.4. The van der Waals surface area contributed by atoms with Crippen molar-refractivity contribution in [2.24, 2.45) is 10.3 Å². The molecule has 0 saturated carbocycles. The van der Waals surface area contributed by atoms with Crippen molar-refractivity contribution in [2.75, 3.05) is 18.4 Å². The number of anilines is 1. The molecule has 1 heterocycles. The summed E-state index contributed by atoms with van der Waals surface area (Å²) in [5.41, 5.74) is 2.32. The van der Waals surface area contributed by atoms with Crippen molar-refractivity contribution in [1.29, 1.82) is 0 Å². The van der Waals surface area contributed by atoms with Crippen LogP contribution in [-0.4, -0.2) is 33.1 Å². The summed E-state index contributed by atoms with van der Waals surface area (Å²) in [6.07, 6.45) is 1.74. The zero-order valence-corrected chi connectivity index (χ0v) is 18.0. The standard InChI is InChI=1S/C21H24ClN3O3S/c1-14-5-3-4-6-18(14)21(26)24-20-8-7-17(13-19(20)22)29(27,28)25-15(2)16-9-11-23-12-10-16/h3-8,13,16,23H,9-12H2,1-2H3,(H,24,26). The van der Waals surface area contributed by atoms with Crippen LogP contribution in [0.3, 0.4) is 0 Å². The smallest absolute Gasteiger partial charge is 0.282 e. The van der Waals surface area contributed by atoms with Crippen LogP contribution in [0, 0.1) is 12.8 Å². The van der Waals surface area contributed by atoms with Crippen LogP contribution in [0.15, 0.2) is 51.8 Å². The minimum absolute atomic E-state index is 0.00433. The molecule has 1 aliphatic rings. The molecule has 8 heteroatoms. The summed E-state index contributed by atoms with van der Waals surface area (Å²) in [7, 11) is -3.87. The summed E-state index contributed by atoms with van der Waals surface area (Å²) in [5, 5.41) is 6.12. The van der Waals surface area contributed by atoms with Gasteiger partial charge in [-0.1, -0.05) is 29.8 Å². The minimum Gasteiger partial charge on any atom is -0.321 e. The highest BCUT2D eigenvalue weighted by atomic mass is 35.5. The normalized spacial score (nSPS) is 15.9. The van der Waals surface area contributed by atoms with Crippen molar-refractivity contribution in [2.45, 2.75) is 31.6 Å². The van der Waals surface area contributed by atoms with E-state index in [-0.39, 0.29) is 21.7 Å². The number of sulfonamides is 1. The number of benzene rings is 2. The number of piperidine rings is 1. The second-order valence-electron chi connectivity index (χ2n) is 7.14. The van der Waals surface area contributed by atoms with E-state index in [2.05, 4.69) is 15.0 Å². The number of hydrogen-bond acceptors (Lipinski definition) is 4. The Labute approximate surface area is 176 Å². The van der Waals surface area contributed by atoms with Gasteiger partial charge in [0.15, 0.2) is 0 Å². The largest absolute Gasteiger partial charge is 0.321 e. The molecular formula is C21H24ClN3O3S. The van der Waals surface area contributed by atoms with Crippen molar-refractivity contribution in [3.05, 3.63) is 58.6 Å². The van der Waals surface area contributed by atoms with Gasteiger partial charge in [0.1, 0.15) is 0 Å². The van der Waals surface area contributed by atoms with Crippen molar-refractivity contribution >= 4 is 38.9 Å². The molecule has 154 valence electrons. The summed E-state index contributed by atoms with van der Waals surface area (Å²) >= 11 is 6.26.